The van der Waals surface area contributed by atoms with E-state index in [0.29, 0.717) is 19.0 Å². The summed E-state index contributed by atoms with van der Waals surface area (Å²) in [7, 11) is 0. The number of ether oxygens (including phenoxy) is 1. The van der Waals surface area contributed by atoms with Crippen LogP contribution in [0, 0.1) is 0 Å². The second-order valence-corrected chi connectivity index (χ2v) is 5.86. The van der Waals surface area contributed by atoms with Gasteiger partial charge in [0.15, 0.2) is 5.76 Å². The summed E-state index contributed by atoms with van der Waals surface area (Å²) in [5.74, 6) is 0.503. The van der Waals surface area contributed by atoms with E-state index in [1.54, 1.807) is 17.4 Å². The van der Waals surface area contributed by atoms with E-state index in [4.69, 9.17) is 14.4 Å². The van der Waals surface area contributed by atoms with Gasteiger partial charge in [-0.1, -0.05) is 11.2 Å². The topological polar surface area (TPSA) is 67.5 Å². The van der Waals surface area contributed by atoms with Crippen molar-refractivity contribution in [3.63, 3.8) is 0 Å². The highest BCUT2D eigenvalue weighted by molar-refractivity contribution is 7.09. The molecule has 0 aromatic carbocycles. The molecule has 0 aliphatic carbocycles. The van der Waals surface area contributed by atoms with Gasteiger partial charge in [-0.15, -0.1) is 11.3 Å². The Kier molecular flexibility index (Phi) is 3.65. The zero-order valence-electron chi connectivity index (χ0n) is 10.5. The molecule has 0 saturated carbocycles. The number of aliphatic hydroxyl groups excluding tert-OH is 1. The molecule has 0 spiro atoms. The minimum absolute atomic E-state index is 0.0619. The van der Waals surface area contributed by atoms with Crippen LogP contribution in [0.1, 0.15) is 16.3 Å². The lowest BCUT2D eigenvalue weighted by Crippen LogP contribution is -2.61. The third-order valence-corrected chi connectivity index (χ3v) is 4.13. The lowest BCUT2D eigenvalue weighted by Gasteiger charge is -2.41. The summed E-state index contributed by atoms with van der Waals surface area (Å²) in [6, 6.07) is 5.97. The van der Waals surface area contributed by atoms with E-state index in [1.807, 2.05) is 0 Å². The highest BCUT2D eigenvalue weighted by Gasteiger charge is 2.39. The first kappa shape index (κ1) is 12.8. The van der Waals surface area contributed by atoms with Gasteiger partial charge in [-0.2, -0.15) is 0 Å². The van der Waals surface area contributed by atoms with Gasteiger partial charge >= 0.3 is 0 Å². The quantitative estimate of drug-likeness (QED) is 0.835. The molecular weight excluding hydrogens is 264 g/mol. The number of nitrogens with zero attached hydrogens (tertiary/aromatic N) is 1. The first-order valence-electron chi connectivity index (χ1n) is 6.20. The van der Waals surface area contributed by atoms with E-state index in [-0.39, 0.29) is 12.1 Å². The van der Waals surface area contributed by atoms with Crippen molar-refractivity contribution >= 4 is 11.3 Å². The van der Waals surface area contributed by atoms with E-state index in [2.05, 4.69) is 28.0 Å². The van der Waals surface area contributed by atoms with Crippen LogP contribution in [-0.2, 0) is 24.3 Å². The summed E-state index contributed by atoms with van der Waals surface area (Å²) < 4.78 is 10.4. The summed E-state index contributed by atoms with van der Waals surface area (Å²) in [5, 5.41) is 18.6. The minimum atomic E-state index is -0.112. The lowest BCUT2D eigenvalue weighted by molar-refractivity contribution is -0.0754. The van der Waals surface area contributed by atoms with Gasteiger partial charge in [0.1, 0.15) is 6.61 Å². The Morgan fingerprint density at radius 2 is 2.37 bits per heavy atom. The predicted molar refractivity (Wildman–Crippen MR) is 70.8 cm³/mol. The van der Waals surface area contributed by atoms with Crippen molar-refractivity contribution in [2.75, 3.05) is 13.2 Å². The molecule has 0 atom stereocenters. The molecule has 2 aromatic heterocycles. The standard InChI is InChI=1S/C13H16N2O3S/c16-7-11-4-10(15-18-11)5-13(8-17-9-13)14-6-12-2-1-3-19-12/h1-4,14,16H,5-9H2. The Morgan fingerprint density at radius 3 is 2.95 bits per heavy atom. The van der Waals surface area contributed by atoms with Gasteiger partial charge in [-0.05, 0) is 11.4 Å². The van der Waals surface area contributed by atoms with Gasteiger partial charge in [0.2, 0.25) is 0 Å². The molecule has 3 heterocycles. The monoisotopic (exact) mass is 280 g/mol. The largest absolute Gasteiger partial charge is 0.388 e. The van der Waals surface area contributed by atoms with Crippen LogP contribution in [0.25, 0.3) is 0 Å². The molecule has 1 saturated heterocycles. The second-order valence-electron chi connectivity index (χ2n) is 4.83. The molecule has 0 bridgehead atoms. The van der Waals surface area contributed by atoms with Crippen LogP contribution in [-0.4, -0.2) is 29.0 Å². The van der Waals surface area contributed by atoms with Crippen LogP contribution in [0.4, 0.5) is 0 Å². The molecule has 0 unspecified atom stereocenters. The normalized spacial score (nSPS) is 17.3. The molecule has 2 aromatic rings. The average Bonchev–Trinajstić information content (AvgIpc) is 3.03. The van der Waals surface area contributed by atoms with Crippen LogP contribution in [0.3, 0.4) is 0 Å². The molecule has 2 N–H and O–H groups in total. The van der Waals surface area contributed by atoms with E-state index in [1.165, 1.54) is 4.88 Å². The van der Waals surface area contributed by atoms with Gasteiger partial charge in [0.25, 0.3) is 0 Å². The first-order chi connectivity index (χ1) is 9.30. The van der Waals surface area contributed by atoms with Crippen LogP contribution in [0.2, 0.25) is 0 Å². The molecule has 1 aliphatic heterocycles. The van der Waals surface area contributed by atoms with Crippen molar-refractivity contribution in [2.24, 2.45) is 0 Å². The zero-order chi connectivity index (χ0) is 13.1. The number of hydrogen-bond donors (Lipinski definition) is 2. The molecule has 0 amide bonds. The van der Waals surface area contributed by atoms with Crippen molar-refractivity contribution < 1.29 is 14.4 Å². The fourth-order valence-electron chi connectivity index (χ4n) is 2.16. The summed E-state index contributed by atoms with van der Waals surface area (Å²) in [4.78, 5) is 1.31. The lowest BCUT2D eigenvalue weighted by atomic mass is 9.91. The van der Waals surface area contributed by atoms with Gasteiger partial charge in [-0.25, -0.2) is 0 Å². The summed E-state index contributed by atoms with van der Waals surface area (Å²) in [6.07, 6.45) is 0.752. The number of aromatic nitrogens is 1. The maximum atomic E-state index is 8.98. The van der Waals surface area contributed by atoms with Crippen molar-refractivity contribution in [1.29, 1.82) is 0 Å². The Hall–Kier alpha value is -1.21. The molecule has 0 radical (unpaired) electrons. The van der Waals surface area contributed by atoms with E-state index >= 15 is 0 Å². The third-order valence-electron chi connectivity index (χ3n) is 3.26. The molecule has 1 fully saturated rings. The Labute approximate surface area is 115 Å². The molecule has 1 aliphatic rings. The van der Waals surface area contributed by atoms with Gasteiger partial charge in [-0.3, -0.25) is 0 Å². The summed E-state index contributed by atoms with van der Waals surface area (Å²) >= 11 is 1.74. The number of hydrogen-bond acceptors (Lipinski definition) is 6. The van der Waals surface area contributed by atoms with Crippen LogP contribution in [0.15, 0.2) is 28.1 Å². The Balaban J connectivity index is 1.62. The van der Waals surface area contributed by atoms with E-state index in [0.717, 1.165) is 18.7 Å². The maximum absolute atomic E-state index is 8.98. The number of aliphatic hydroxyl groups is 1. The second kappa shape index (κ2) is 5.42. The summed E-state index contributed by atoms with van der Waals surface area (Å²) in [6.45, 7) is 2.09. The van der Waals surface area contributed by atoms with Crippen molar-refractivity contribution in [3.05, 3.63) is 39.9 Å². The Morgan fingerprint density at radius 1 is 1.47 bits per heavy atom. The van der Waals surface area contributed by atoms with Crippen molar-refractivity contribution in [3.8, 4) is 0 Å². The van der Waals surface area contributed by atoms with Crippen LogP contribution < -0.4 is 5.32 Å². The maximum Gasteiger partial charge on any atom is 0.162 e. The average molecular weight is 280 g/mol. The number of nitrogens with one attached hydrogen (secondary N) is 1. The fourth-order valence-corrected chi connectivity index (χ4v) is 2.81. The van der Waals surface area contributed by atoms with E-state index < -0.39 is 0 Å². The highest BCUT2D eigenvalue weighted by atomic mass is 32.1. The van der Waals surface area contributed by atoms with Crippen LogP contribution >= 0.6 is 11.3 Å². The smallest absolute Gasteiger partial charge is 0.162 e. The predicted octanol–water partition coefficient (Wildman–Crippen LogP) is 1.33. The van der Waals surface area contributed by atoms with Crippen molar-refractivity contribution in [2.45, 2.75) is 25.1 Å². The highest BCUT2D eigenvalue weighted by Crippen LogP contribution is 2.23. The first-order valence-corrected chi connectivity index (χ1v) is 7.08. The molecule has 19 heavy (non-hydrogen) atoms. The fraction of sp³-hybridized carbons (Fsp3) is 0.462. The van der Waals surface area contributed by atoms with Crippen molar-refractivity contribution in [1.82, 2.24) is 10.5 Å². The third kappa shape index (κ3) is 2.87. The zero-order valence-corrected chi connectivity index (χ0v) is 11.3. The minimum Gasteiger partial charge on any atom is -0.388 e. The van der Waals surface area contributed by atoms with E-state index in [9.17, 15) is 0 Å². The molecule has 5 nitrogen and oxygen atoms in total. The van der Waals surface area contributed by atoms with Gasteiger partial charge in [0.05, 0.1) is 24.4 Å². The summed E-state index contributed by atoms with van der Waals surface area (Å²) in [5.41, 5.74) is 0.791. The number of rotatable bonds is 6. The SMILES string of the molecule is OCc1cc(CC2(NCc3cccs3)COC2)no1. The molecular formula is C13H16N2O3S. The molecule has 102 valence electrons. The molecule has 3 rings (SSSR count). The number of thiophene rings is 1. The van der Waals surface area contributed by atoms with Gasteiger partial charge < -0.3 is 19.7 Å². The Bertz CT molecular complexity index is 520. The van der Waals surface area contributed by atoms with Crippen LogP contribution in [0.5, 0.6) is 0 Å². The molecule has 6 heteroatoms. The van der Waals surface area contributed by atoms with Gasteiger partial charge in [0, 0.05) is 23.9 Å².